The molecule has 0 bridgehead atoms. The van der Waals surface area contributed by atoms with Crippen LogP contribution in [0.15, 0.2) is 72.9 Å². The second-order valence-electron chi connectivity index (χ2n) is 13.9. The Labute approximate surface area is 312 Å². The molecule has 51 heavy (non-hydrogen) atoms. The van der Waals surface area contributed by atoms with E-state index in [0.29, 0.717) is 24.1 Å². The quantitative estimate of drug-likeness (QED) is 0.0228. The lowest BCUT2D eigenvalue weighted by Crippen LogP contribution is -2.37. The molecule has 0 aromatic rings. The molecule has 8 nitrogen and oxygen atoms in total. The lowest BCUT2D eigenvalue weighted by atomic mass is 10.1. The number of allylic oxidation sites excluding steroid dienone is 12. The number of quaternary nitrogens is 1. The van der Waals surface area contributed by atoms with Crippen molar-refractivity contribution >= 4 is 13.8 Å². The van der Waals surface area contributed by atoms with Crippen molar-refractivity contribution < 1.29 is 37.3 Å². The summed E-state index contributed by atoms with van der Waals surface area (Å²) >= 11 is 0. The van der Waals surface area contributed by atoms with Crippen LogP contribution >= 0.6 is 7.82 Å². The van der Waals surface area contributed by atoms with Gasteiger partial charge in [0.25, 0.3) is 0 Å². The average Bonchev–Trinajstić information content (AvgIpc) is 3.08. The Hall–Kier alpha value is -2.06. The summed E-state index contributed by atoms with van der Waals surface area (Å²) in [5, 5.41) is 0. The summed E-state index contributed by atoms with van der Waals surface area (Å²) in [6, 6.07) is 0. The minimum absolute atomic E-state index is 0.0724. The molecule has 2 atom stereocenters. The molecular weight excluding hydrogens is 661 g/mol. The summed E-state index contributed by atoms with van der Waals surface area (Å²) < 4.78 is 34.7. The molecule has 0 aromatic heterocycles. The maximum absolute atomic E-state index is 12.6. The number of hydrogen-bond acceptors (Lipinski definition) is 6. The lowest BCUT2D eigenvalue weighted by molar-refractivity contribution is -0.870. The van der Waals surface area contributed by atoms with Gasteiger partial charge in [-0.15, -0.1) is 0 Å². The summed E-state index contributed by atoms with van der Waals surface area (Å²) in [7, 11) is 1.61. The Bertz CT molecular complexity index is 1040. The van der Waals surface area contributed by atoms with Crippen LogP contribution in [0.4, 0.5) is 0 Å². The fourth-order valence-electron chi connectivity index (χ4n) is 4.75. The number of carbonyl (C=O) groups is 1. The van der Waals surface area contributed by atoms with E-state index in [1.54, 1.807) is 0 Å². The molecule has 2 unspecified atom stereocenters. The van der Waals surface area contributed by atoms with Crippen LogP contribution in [0, 0.1) is 0 Å². The maximum atomic E-state index is 12.6. The number of esters is 1. The topological polar surface area (TPSA) is 91.3 Å². The van der Waals surface area contributed by atoms with Crippen molar-refractivity contribution in [1.82, 2.24) is 0 Å². The van der Waals surface area contributed by atoms with Gasteiger partial charge in [0.1, 0.15) is 19.3 Å². The number of hydrogen-bond donors (Lipinski definition) is 1. The number of carbonyl (C=O) groups excluding carboxylic acids is 1. The summed E-state index contributed by atoms with van der Waals surface area (Å²) in [4.78, 5) is 22.7. The van der Waals surface area contributed by atoms with Crippen molar-refractivity contribution in [3.63, 3.8) is 0 Å². The third-order valence-electron chi connectivity index (χ3n) is 7.80. The molecule has 294 valence electrons. The summed E-state index contributed by atoms with van der Waals surface area (Å²) in [5.74, 6) is -0.399. The highest BCUT2D eigenvalue weighted by molar-refractivity contribution is 7.47. The third-order valence-corrected chi connectivity index (χ3v) is 8.78. The molecule has 0 saturated carbocycles. The molecule has 0 rings (SSSR count). The highest BCUT2D eigenvalue weighted by Crippen LogP contribution is 2.43. The molecule has 0 fully saturated rings. The molecule has 0 saturated heterocycles. The first-order valence-corrected chi connectivity index (χ1v) is 21.2. The molecule has 0 radical (unpaired) electrons. The van der Waals surface area contributed by atoms with Crippen LogP contribution in [0.1, 0.15) is 129 Å². The van der Waals surface area contributed by atoms with Crippen molar-refractivity contribution in [2.45, 2.75) is 136 Å². The van der Waals surface area contributed by atoms with Crippen LogP contribution in [-0.4, -0.2) is 75.6 Å². The molecule has 0 amide bonds. The number of phosphoric acid groups is 1. The zero-order valence-corrected chi connectivity index (χ0v) is 34.0. The van der Waals surface area contributed by atoms with Crippen LogP contribution in [0.25, 0.3) is 0 Å². The molecule has 0 spiro atoms. The van der Waals surface area contributed by atoms with E-state index in [9.17, 15) is 14.3 Å². The molecule has 0 aromatic carbocycles. The molecule has 0 heterocycles. The van der Waals surface area contributed by atoms with Crippen LogP contribution in [-0.2, 0) is 27.9 Å². The Balaban J connectivity index is 4.43. The van der Waals surface area contributed by atoms with Gasteiger partial charge in [0, 0.05) is 13.0 Å². The number of likely N-dealkylation sites (N-methyl/N-ethyl adjacent to an activating group) is 1. The zero-order chi connectivity index (χ0) is 37.7. The van der Waals surface area contributed by atoms with E-state index in [1.165, 1.54) is 51.4 Å². The van der Waals surface area contributed by atoms with Gasteiger partial charge in [-0.1, -0.05) is 145 Å². The predicted octanol–water partition coefficient (Wildman–Crippen LogP) is 11.2. The number of nitrogens with zero attached hydrogens (tertiary/aromatic N) is 1. The predicted molar refractivity (Wildman–Crippen MR) is 215 cm³/mol. The summed E-state index contributed by atoms with van der Waals surface area (Å²) in [6.07, 6.45) is 43.8. The highest BCUT2D eigenvalue weighted by atomic mass is 31.2. The van der Waals surface area contributed by atoms with E-state index in [4.69, 9.17) is 18.5 Å². The molecular formula is C42H75NO7P+. The molecule has 0 aliphatic rings. The van der Waals surface area contributed by atoms with Gasteiger partial charge in [0.15, 0.2) is 0 Å². The minimum Gasteiger partial charge on any atom is -0.457 e. The average molecular weight is 737 g/mol. The zero-order valence-electron chi connectivity index (χ0n) is 33.1. The molecule has 1 N–H and O–H groups in total. The van der Waals surface area contributed by atoms with E-state index in [1.807, 2.05) is 33.3 Å². The van der Waals surface area contributed by atoms with Crippen LogP contribution in [0.3, 0.4) is 0 Å². The van der Waals surface area contributed by atoms with Gasteiger partial charge in [-0.25, -0.2) is 4.57 Å². The number of phosphoric ester groups is 1. The first kappa shape index (κ1) is 48.9. The van der Waals surface area contributed by atoms with Crippen molar-refractivity contribution in [1.29, 1.82) is 0 Å². The van der Waals surface area contributed by atoms with Crippen LogP contribution in [0.2, 0.25) is 0 Å². The Morgan fingerprint density at radius 3 is 1.59 bits per heavy atom. The number of rotatable bonds is 35. The van der Waals surface area contributed by atoms with Crippen molar-refractivity contribution in [2.24, 2.45) is 0 Å². The van der Waals surface area contributed by atoms with Gasteiger partial charge in [0.2, 0.25) is 0 Å². The van der Waals surface area contributed by atoms with Gasteiger partial charge in [-0.2, -0.15) is 0 Å². The maximum Gasteiger partial charge on any atom is 0.472 e. The molecule has 0 aliphatic carbocycles. The second-order valence-corrected chi connectivity index (χ2v) is 15.4. The first-order chi connectivity index (χ1) is 24.6. The van der Waals surface area contributed by atoms with Crippen LogP contribution in [0.5, 0.6) is 0 Å². The largest absolute Gasteiger partial charge is 0.472 e. The fourth-order valence-corrected chi connectivity index (χ4v) is 5.49. The fraction of sp³-hybridized carbons (Fsp3) is 0.690. The third kappa shape index (κ3) is 39.0. The van der Waals surface area contributed by atoms with Crippen molar-refractivity contribution in [3.05, 3.63) is 72.9 Å². The second kappa shape index (κ2) is 35.0. The summed E-state index contributed by atoms with van der Waals surface area (Å²) in [6.45, 7) is 5.37. The van der Waals surface area contributed by atoms with Crippen molar-refractivity contribution in [3.8, 4) is 0 Å². The van der Waals surface area contributed by atoms with E-state index in [-0.39, 0.29) is 26.2 Å². The van der Waals surface area contributed by atoms with Crippen molar-refractivity contribution in [2.75, 3.05) is 54.1 Å². The summed E-state index contributed by atoms with van der Waals surface area (Å²) in [5.41, 5.74) is 0. The van der Waals surface area contributed by atoms with E-state index < -0.39 is 19.9 Å². The molecule has 0 aliphatic heterocycles. The van der Waals surface area contributed by atoms with Gasteiger partial charge in [0.05, 0.1) is 34.4 Å². The standard InChI is InChI=1S/C42H74NO7P/c1-6-8-10-12-14-16-18-19-20-21-22-23-24-25-26-27-29-31-33-35-42(44)50-41(40-49-51(45,46)48-38-36-43(3,4)5)39-47-37-34-32-30-28-17-15-13-11-9-7-2/h8,10,14,16,19-20,22-23,25-26,29,31,41H,6-7,9,11-13,15,17-18,21,24,27-28,30,32-40H2,1-5H3/p+1/b10-8-,16-14-,20-19-,23-22-,26-25-,31-29-. The van der Waals surface area contributed by atoms with E-state index >= 15 is 0 Å². The monoisotopic (exact) mass is 737 g/mol. The first-order valence-electron chi connectivity index (χ1n) is 19.7. The lowest BCUT2D eigenvalue weighted by Gasteiger charge is -2.24. The normalized spacial score (nSPS) is 14.7. The van der Waals surface area contributed by atoms with E-state index in [0.717, 1.165) is 51.4 Å². The minimum atomic E-state index is -4.29. The van der Waals surface area contributed by atoms with Gasteiger partial charge in [-0.3, -0.25) is 13.8 Å². The Morgan fingerprint density at radius 2 is 1.10 bits per heavy atom. The molecule has 9 heteroatoms. The Kier molecular flexibility index (Phi) is 33.6. The SMILES string of the molecule is CC/C=C\C/C=C\C/C=C\C/C=C\C/C=C\C/C=C\CCC(=O)OC(COCCCCCCCCCCCC)COP(=O)(O)OCC[N+](C)(C)C. The number of ether oxygens (including phenoxy) is 2. The van der Waals surface area contributed by atoms with Gasteiger partial charge >= 0.3 is 13.8 Å². The Morgan fingerprint density at radius 1 is 0.627 bits per heavy atom. The number of unbranched alkanes of at least 4 members (excludes halogenated alkanes) is 9. The smallest absolute Gasteiger partial charge is 0.457 e. The van der Waals surface area contributed by atoms with Gasteiger partial charge < -0.3 is 18.9 Å². The van der Waals surface area contributed by atoms with Gasteiger partial charge in [-0.05, 0) is 51.4 Å². The van der Waals surface area contributed by atoms with E-state index in [2.05, 4.69) is 74.6 Å². The van der Waals surface area contributed by atoms with Crippen LogP contribution < -0.4 is 0 Å². The highest BCUT2D eigenvalue weighted by Gasteiger charge is 2.26.